The second-order valence-electron chi connectivity index (χ2n) is 6.03. The number of halogens is 2. The number of thioether (sulfide) groups is 1. The van der Waals surface area contributed by atoms with Crippen molar-refractivity contribution in [3.05, 3.63) is 53.3 Å². The Kier molecular flexibility index (Phi) is 7.27. The smallest absolute Gasteiger partial charge is 0.237 e. The Balaban J connectivity index is 1.71. The summed E-state index contributed by atoms with van der Waals surface area (Å²) in [6.07, 6.45) is 0.160. The minimum Gasteiger partial charge on any atom is -0.496 e. The Bertz CT molecular complexity index is 1070. The van der Waals surface area contributed by atoms with Gasteiger partial charge in [-0.3, -0.25) is 9.89 Å². The molecule has 1 heterocycles. The molecule has 0 radical (unpaired) electrons. The van der Waals surface area contributed by atoms with Crippen molar-refractivity contribution in [1.29, 1.82) is 5.26 Å². The van der Waals surface area contributed by atoms with E-state index in [-0.39, 0.29) is 24.6 Å². The van der Waals surface area contributed by atoms with Crippen LogP contribution in [0.5, 0.6) is 5.75 Å². The summed E-state index contributed by atoms with van der Waals surface area (Å²) in [7, 11) is 1.54. The van der Waals surface area contributed by atoms with Crippen molar-refractivity contribution in [2.75, 3.05) is 24.3 Å². The summed E-state index contributed by atoms with van der Waals surface area (Å²) < 4.78 is 18.5. The molecule has 0 spiro atoms. The van der Waals surface area contributed by atoms with Crippen molar-refractivity contribution in [3.8, 4) is 23.2 Å². The van der Waals surface area contributed by atoms with Crippen LogP contribution < -0.4 is 9.64 Å². The van der Waals surface area contributed by atoms with E-state index in [1.807, 2.05) is 6.07 Å². The summed E-state index contributed by atoms with van der Waals surface area (Å²) in [5.41, 5.74) is 1.18. The zero-order valence-corrected chi connectivity index (χ0v) is 17.5. The van der Waals surface area contributed by atoms with E-state index in [0.717, 1.165) is 11.8 Å². The van der Waals surface area contributed by atoms with E-state index in [9.17, 15) is 9.18 Å². The van der Waals surface area contributed by atoms with E-state index in [0.29, 0.717) is 33.0 Å². The van der Waals surface area contributed by atoms with Crippen LogP contribution in [0.15, 0.2) is 47.6 Å². The third kappa shape index (κ3) is 5.28. The lowest BCUT2D eigenvalue weighted by molar-refractivity contribution is -0.116. The maximum Gasteiger partial charge on any atom is 0.237 e. The monoisotopic (exact) mass is 445 g/mol. The molecule has 0 aliphatic rings. The zero-order chi connectivity index (χ0) is 21.5. The van der Waals surface area contributed by atoms with E-state index < -0.39 is 5.82 Å². The summed E-state index contributed by atoms with van der Waals surface area (Å²) in [4.78, 5) is 18.6. The predicted molar refractivity (Wildman–Crippen MR) is 113 cm³/mol. The maximum absolute atomic E-state index is 13.2. The number of amides is 1. The first-order valence-electron chi connectivity index (χ1n) is 8.84. The van der Waals surface area contributed by atoms with Gasteiger partial charge >= 0.3 is 0 Å². The summed E-state index contributed by atoms with van der Waals surface area (Å²) in [6.45, 7) is 0.209. The second kappa shape index (κ2) is 10.1. The molecule has 0 aliphatic heterocycles. The largest absolute Gasteiger partial charge is 0.496 e. The number of hydrogen-bond acceptors (Lipinski definition) is 6. The number of ether oxygens (including phenoxy) is 1. The summed E-state index contributed by atoms with van der Waals surface area (Å²) in [6, 6.07) is 12.7. The Morgan fingerprint density at radius 2 is 2.10 bits per heavy atom. The van der Waals surface area contributed by atoms with Crippen LogP contribution in [-0.4, -0.2) is 40.5 Å². The van der Waals surface area contributed by atoms with Crippen molar-refractivity contribution in [2.45, 2.75) is 11.6 Å². The zero-order valence-electron chi connectivity index (χ0n) is 15.9. The number of aromatic amines is 1. The van der Waals surface area contributed by atoms with Crippen molar-refractivity contribution < 1.29 is 13.9 Å². The first kappa shape index (κ1) is 21.6. The molecular formula is C20H17ClFN5O2S. The van der Waals surface area contributed by atoms with Gasteiger partial charge in [0.25, 0.3) is 0 Å². The second-order valence-corrected chi connectivity index (χ2v) is 7.41. The third-order valence-electron chi connectivity index (χ3n) is 4.09. The van der Waals surface area contributed by atoms with Gasteiger partial charge in [0, 0.05) is 17.3 Å². The highest BCUT2D eigenvalue weighted by Gasteiger charge is 2.18. The minimum atomic E-state index is -0.398. The Morgan fingerprint density at radius 3 is 2.80 bits per heavy atom. The first-order valence-corrected chi connectivity index (χ1v) is 10.2. The molecule has 0 atom stereocenters. The maximum atomic E-state index is 13.2. The van der Waals surface area contributed by atoms with Gasteiger partial charge in [-0.05, 0) is 42.5 Å². The van der Waals surface area contributed by atoms with Crippen LogP contribution in [0.3, 0.4) is 0 Å². The topological polar surface area (TPSA) is 94.9 Å². The fourth-order valence-electron chi connectivity index (χ4n) is 2.68. The highest BCUT2D eigenvalue weighted by molar-refractivity contribution is 7.99. The van der Waals surface area contributed by atoms with Gasteiger partial charge in [0.05, 0.1) is 30.9 Å². The van der Waals surface area contributed by atoms with Gasteiger partial charge in [0.15, 0.2) is 5.82 Å². The number of aromatic nitrogens is 3. The molecule has 10 heteroatoms. The molecule has 7 nitrogen and oxygen atoms in total. The van der Waals surface area contributed by atoms with Gasteiger partial charge in [0.1, 0.15) is 11.6 Å². The average Bonchev–Trinajstić information content (AvgIpc) is 3.22. The lowest BCUT2D eigenvalue weighted by Gasteiger charge is -2.21. The van der Waals surface area contributed by atoms with Crippen molar-refractivity contribution in [1.82, 2.24) is 15.2 Å². The molecule has 2 aromatic carbocycles. The van der Waals surface area contributed by atoms with Gasteiger partial charge in [0.2, 0.25) is 11.1 Å². The lowest BCUT2D eigenvalue weighted by Crippen LogP contribution is -2.33. The number of benzene rings is 2. The Morgan fingerprint density at radius 1 is 1.33 bits per heavy atom. The number of anilines is 1. The molecular weight excluding hydrogens is 429 g/mol. The number of nitriles is 1. The lowest BCUT2D eigenvalue weighted by atomic mass is 10.2. The number of carbonyl (C=O) groups is 1. The highest BCUT2D eigenvalue weighted by atomic mass is 35.5. The minimum absolute atomic E-state index is 0.0484. The van der Waals surface area contributed by atoms with Crippen LogP contribution in [0.2, 0.25) is 5.02 Å². The molecule has 0 saturated carbocycles. The molecule has 30 heavy (non-hydrogen) atoms. The molecule has 1 aromatic heterocycles. The summed E-state index contributed by atoms with van der Waals surface area (Å²) >= 11 is 7.20. The van der Waals surface area contributed by atoms with Gasteiger partial charge in [-0.2, -0.15) is 5.26 Å². The SMILES string of the molecule is COc1ccc(Cl)cc1-c1nc(SCC(=O)N(CCC#N)c2ccc(F)cc2)n[nH]1. The summed E-state index contributed by atoms with van der Waals surface area (Å²) in [5, 5.41) is 16.7. The number of methoxy groups -OCH3 is 1. The van der Waals surface area contributed by atoms with E-state index in [1.54, 1.807) is 25.3 Å². The fraction of sp³-hybridized carbons (Fsp3) is 0.200. The Hall–Kier alpha value is -3.09. The first-order chi connectivity index (χ1) is 14.5. The summed E-state index contributed by atoms with van der Waals surface area (Å²) in [5.74, 6) is 0.456. The molecule has 3 rings (SSSR count). The standard InChI is InChI=1S/C20H17ClFN5O2S/c1-29-17-8-3-13(21)11-16(17)19-24-20(26-25-19)30-12-18(28)27(10-2-9-23)15-6-4-14(22)5-7-15/h3-8,11H,2,10,12H2,1H3,(H,24,25,26). The van der Waals surface area contributed by atoms with Gasteiger partial charge < -0.3 is 9.64 Å². The van der Waals surface area contributed by atoms with Crippen LogP contribution in [-0.2, 0) is 4.79 Å². The van der Waals surface area contributed by atoms with Crippen LogP contribution in [0.25, 0.3) is 11.4 Å². The van der Waals surface area contributed by atoms with E-state index >= 15 is 0 Å². The quantitative estimate of drug-likeness (QED) is 0.519. The van der Waals surface area contributed by atoms with Gasteiger partial charge in [-0.25, -0.2) is 9.37 Å². The van der Waals surface area contributed by atoms with Crippen LogP contribution in [0.4, 0.5) is 10.1 Å². The molecule has 3 aromatic rings. The molecule has 1 N–H and O–H groups in total. The van der Waals surface area contributed by atoms with Crippen molar-refractivity contribution in [3.63, 3.8) is 0 Å². The van der Waals surface area contributed by atoms with E-state index in [1.165, 1.54) is 29.2 Å². The van der Waals surface area contributed by atoms with Gasteiger partial charge in [-0.15, -0.1) is 5.10 Å². The van der Waals surface area contributed by atoms with E-state index in [2.05, 4.69) is 15.2 Å². The predicted octanol–water partition coefficient (Wildman–Crippen LogP) is 4.31. The number of rotatable bonds is 8. The number of H-pyrrole nitrogens is 1. The molecule has 0 unspecified atom stereocenters. The molecule has 0 saturated heterocycles. The number of nitrogens with zero attached hydrogens (tertiary/aromatic N) is 4. The average molecular weight is 446 g/mol. The number of nitrogens with one attached hydrogen (secondary N) is 1. The molecule has 0 fully saturated rings. The van der Waals surface area contributed by atoms with Crippen LogP contribution >= 0.6 is 23.4 Å². The molecule has 0 bridgehead atoms. The van der Waals surface area contributed by atoms with Crippen molar-refractivity contribution in [2.24, 2.45) is 0 Å². The van der Waals surface area contributed by atoms with Crippen LogP contribution in [0.1, 0.15) is 6.42 Å². The highest BCUT2D eigenvalue weighted by Crippen LogP contribution is 2.31. The van der Waals surface area contributed by atoms with Gasteiger partial charge in [-0.1, -0.05) is 23.4 Å². The number of carbonyl (C=O) groups excluding carboxylic acids is 1. The Labute approximate surface area is 181 Å². The fourth-order valence-corrected chi connectivity index (χ4v) is 3.53. The number of hydrogen-bond donors (Lipinski definition) is 1. The van der Waals surface area contributed by atoms with Crippen molar-refractivity contribution >= 4 is 35.0 Å². The molecule has 154 valence electrons. The van der Waals surface area contributed by atoms with Crippen LogP contribution in [0, 0.1) is 17.1 Å². The molecule has 1 amide bonds. The normalized spacial score (nSPS) is 10.5. The third-order valence-corrected chi connectivity index (χ3v) is 5.16. The van der Waals surface area contributed by atoms with E-state index in [4.69, 9.17) is 21.6 Å². The molecule has 0 aliphatic carbocycles.